The Morgan fingerprint density at radius 2 is 1.71 bits per heavy atom. The Morgan fingerprint density at radius 1 is 1.04 bits per heavy atom. The highest BCUT2D eigenvalue weighted by Crippen LogP contribution is 2.17. The Kier molecular flexibility index (Phi) is 8.13. The minimum absolute atomic E-state index is 0.0463. The van der Waals surface area contributed by atoms with E-state index in [1.165, 1.54) is 38.5 Å². The summed E-state index contributed by atoms with van der Waals surface area (Å²) in [5.41, 5.74) is 6.13. The van der Waals surface area contributed by atoms with Crippen molar-refractivity contribution in [3.63, 3.8) is 0 Å². The summed E-state index contributed by atoms with van der Waals surface area (Å²) in [4.78, 5) is 13.4. The number of aromatic nitrogens is 1. The van der Waals surface area contributed by atoms with Gasteiger partial charge in [0.25, 0.3) is 0 Å². The highest BCUT2D eigenvalue weighted by molar-refractivity contribution is 6.31. The van der Waals surface area contributed by atoms with E-state index in [-0.39, 0.29) is 11.9 Å². The number of H-pyrrole nitrogens is 1. The molecule has 1 saturated carbocycles. The van der Waals surface area contributed by atoms with Gasteiger partial charge in [-0.2, -0.15) is 0 Å². The number of primary amides is 1. The number of amides is 1. The molecule has 0 spiro atoms. The Labute approximate surface area is 149 Å². The first-order chi connectivity index (χ1) is 11.7. The molecule has 1 atom stereocenters. The zero-order valence-electron chi connectivity index (χ0n) is 14.2. The van der Waals surface area contributed by atoms with Crippen LogP contribution in [-0.2, 0) is 4.79 Å². The van der Waals surface area contributed by atoms with Gasteiger partial charge in [0.1, 0.15) is 0 Å². The van der Waals surface area contributed by atoms with Gasteiger partial charge in [0.2, 0.25) is 5.91 Å². The summed E-state index contributed by atoms with van der Waals surface area (Å²) >= 11 is 5.76. The van der Waals surface area contributed by atoms with E-state index < -0.39 is 0 Å². The van der Waals surface area contributed by atoms with Crippen LogP contribution in [0, 0.1) is 0 Å². The summed E-state index contributed by atoms with van der Waals surface area (Å²) < 4.78 is 0. The number of hydrogen-bond acceptors (Lipinski definition) is 2. The molecule has 1 aliphatic carbocycles. The third-order valence-electron chi connectivity index (χ3n) is 4.42. The van der Waals surface area contributed by atoms with Gasteiger partial charge in [0.05, 0.1) is 6.04 Å². The van der Waals surface area contributed by atoms with Crippen LogP contribution in [0.3, 0.4) is 0 Å². The number of rotatable bonds is 1. The van der Waals surface area contributed by atoms with Gasteiger partial charge in [-0.3, -0.25) is 4.79 Å². The lowest BCUT2D eigenvalue weighted by Crippen LogP contribution is -2.36. The molecule has 4 rings (SSSR count). The number of carbonyl (C=O) groups is 1. The second-order valence-electron chi connectivity index (χ2n) is 6.38. The second kappa shape index (κ2) is 10.4. The lowest BCUT2D eigenvalue weighted by Gasteiger charge is -2.05. The molecular formula is C19H28ClN3O. The minimum Gasteiger partial charge on any atom is -0.368 e. The van der Waals surface area contributed by atoms with Crippen LogP contribution in [-0.4, -0.2) is 23.5 Å². The van der Waals surface area contributed by atoms with Gasteiger partial charge in [-0.05, 0) is 43.7 Å². The molecule has 1 aliphatic heterocycles. The number of carbonyl (C=O) groups excluding carboxylic acids is 1. The maximum Gasteiger partial charge on any atom is 0.234 e. The van der Waals surface area contributed by atoms with Crippen LogP contribution in [0.1, 0.15) is 51.4 Å². The SMILES string of the molecule is C1CCCCC1.Clc1ccc2[nH]ccc2c1.NC(=O)C1CCCN1. The third kappa shape index (κ3) is 6.54. The average molecular weight is 350 g/mol. The van der Waals surface area contributed by atoms with Crippen LogP contribution in [0.15, 0.2) is 30.5 Å². The first kappa shape index (κ1) is 18.8. The molecular weight excluding hydrogens is 322 g/mol. The predicted molar refractivity (Wildman–Crippen MR) is 101 cm³/mol. The number of hydrogen-bond donors (Lipinski definition) is 3. The van der Waals surface area contributed by atoms with Crippen LogP contribution in [0.2, 0.25) is 5.02 Å². The summed E-state index contributed by atoms with van der Waals surface area (Å²) in [6.07, 6.45) is 12.9. The summed E-state index contributed by atoms with van der Waals surface area (Å²) in [6, 6.07) is 7.74. The molecule has 2 heterocycles. The quantitative estimate of drug-likeness (QED) is 0.714. The topological polar surface area (TPSA) is 70.9 Å². The normalized spacial score (nSPS) is 19.8. The van der Waals surface area contributed by atoms with Crippen molar-refractivity contribution in [3.8, 4) is 0 Å². The number of benzene rings is 1. The van der Waals surface area contributed by atoms with E-state index in [1.54, 1.807) is 0 Å². The highest BCUT2D eigenvalue weighted by Gasteiger charge is 2.18. The third-order valence-corrected chi connectivity index (χ3v) is 4.65. The fourth-order valence-corrected chi connectivity index (χ4v) is 3.19. The molecule has 4 nitrogen and oxygen atoms in total. The van der Waals surface area contributed by atoms with Crippen molar-refractivity contribution < 1.29 is 4.79 Å². The average Bonchev–Trinajstić information content (AvgIpc) is 3.29. The lowest BCUT2D eigenvalue weighted by molar-refractivity contribution is -0.119. The van der Waals surface area contributed by atoms with Crippen molar-refractivity contribution in [1.29, 1.82) is 0 Å². The highest BCUT2D eigenvalue weighted by atomic mass is 35.5. The van der Waals surface area contributed by atoms with Gasteiger partial charge in [0.15, 0.2) is 0 Å². The summed E-state index contributed by atoms with van der Waals surface area (Å²) in [7, 11) is 0. The second-order valence-corrected chi connectivity index (χ2v) is 6.82. The van der Waals surface area contributed by atoms with E-state index in [0.717, 1.165) is 35.3 Å². The Bertz CT molecular complexity index is 604. The zero-order chi connectivity index (χ0) is 17.2. The monoisotopic (exact) mass is 349 g/mol. The molecule has 4 N–H and O–H groups in total. The van der Waals surface area contributed by atoms with Crippen LogP contribution >= 0.6 is 11.6 Å². The molecule has 1 aromatic carbocycles. The fourth-order valence-electron chi connectivity index (χ4n) is 3.01. The number of nitrogens with one attached hydrogen (secondary N) is 2. The number of nitrogens with two attached hydrogens (primary N) is 1. The van der Waals surface area contributed by atoms with Gasteiger partial charge >= 0.3 is 0 Å². The van der Waals surface area contributed by atoms with E-state index in [2.05, 4.69) is 10.3 Å². The summed E-state index contributed by atoms with van der Waals surface area (Å²) in [6.45, 7) is 0.938. The first-order valence-electron chi connectivity index (χ1n) is 8.92. The minimum atomic E-state index is -0.220. The molecule has 0 bridgehead atoms. The van der Waals surface area contributed by atoms with Crippen molar-refractivity contribution in [3.05, 3.63) is 35.5 Å². The van der Waals surface area contributed by atoms with Gasteiger partial charge < -0.3 is 16.0 Å². The molecule has 1 unspecified atom stereocenters. The standard InChI is InChI=1S/C8H6ClN.C6H12.C5H10N2O/c9-7-1-2-8-6(5-7)3-4-10-8;1-2-4-6-5-3-1;6-5(8)4-2-1-3-7-4/h1-5,10H;1-6H2;4,7H,1-3H2,(H2,6,8). The molecule has 1 saturated heterocycles. The van der Waals surface area contributed by atoms with E-state index in [1.807, 2.05) is 30.5 Å². The molecule has 2 aromatic rings. The summed E-state index contributed by atoms with van der Waals surface area (Å²) in [5.74, 6) is -0.220. The molecule has 1 aromatic heterocycles. The van der Waals surface area contributed by atoms with Crippen LogP contribution < -0.4 is 11.1 Å². The lowest BCUT2D eigenvalue weighted by atomic mass is 10.0. The maximum absolute atomic E-state index is 10.4. The van der Waals surface area contributed by atoms with Crippen LogP contribution in [0.5, 0.6) is 0 Å². The van der Waals surface area contributed by atoms with E-state index in [9.17, 15) is 4.79 Å². The van der Waals surface area contributed by atoms with Gasteiger partial charge in [-0.15, -0.1) is 0 Å². The van der Waals surface area contributed by atoms with E-state index >= 15 is 0 Å². The fraction of sp³-hybridized carbons (Fsp3) is 0.526. The van der Waals surface area contributed by atoms with E-state index in [4.69, 9.17) is 17.3 Å². The number of aromatic amines is 1. The van der Waals surface area contributed by atoms with Crippen LogP contribution in [0.25, 0.3) is 10.9 Å². The molecule has 1 amide bonds. The predicted octanol–water partition coefficient (Wildman–Crippen LogP) is 4.39. The first-order valence-corrected chi connectivity index (χ1v) is 9.30. The van der Waals surface area contributed by atoms with Crippen molar-refractivity contribution in [2.75, 3.05) is 6.54 Å². The van der Waals surface area contributed by atoms with Gasteiger partial charge in [-0.25, -0.2) is 0 Å². The largest absolute Gasteiger partial charge is 0.368 e. The molecule has 2 fully saturated rings. The number of fused-ring (bicyclic) bond motifs is 1. The van der Waals surface area contributed by atoms with Crippen molar-refractivity contribution in [2.45, 2.75) is 57.4 Å². The van der Waals surface area contributed by atoms with Crippen LogP contribution in [0.4, 0.5) is 0 Å². The Hall–Kier alpha value is -1.52. The molecule has 5 heteroatoms. The Balaban J connectivity index is 0.000000135. The Morgan fingerprint density at radius 3 is 2.21 bits per heavy atom. The summed E-state index contributed by atoms with van der Waals surface area (Å²) in [5, 5.41) is 4.93. The molecule has 24 heavy (non-hydrogen) atoms. The van der Waals surface area contributed by atoms with Gasteiger partial charge in [0, 0.05) is 22.1 Å². The van der Waals surface area contributed by atoms with E-state index in [0.29, 0.717) is 0 Å². The van der Waals surface area contributed by atoms with Crippen molar-refractivity contribution in [2.24, 2.45) is 5.73 Å². The molecule has 2 aliphatic rings. The van der Waals surface area contributed by atoms with Crippen molar-refractivity contribution >= 4 is 28.4 Å². The molecule has 0 radical (unpaired) electrons. The van der Waals surface area contributed by atoms with Crippen molar-refractivity contribution in [1.82, 2.24) is 10.3 Å². The van der Waals surface area contributed by atoms with Gasteiger partial charge in [-0.1, -0.05) is 50.1 Å². The number of halogens is 1. The maximum atomic E-state index is 10.4. The molecule has 132 valence electrons. The zero-order valence-corrected chi connectivity index (χ0v) is 14.9. The smallest absolute Gasteiger partial charge is 0.234 e.